The molecule has 2 rings (SSSR count). The van der Waals surface area contributed by atoms with Gasteiger partial charge in [0, 0.05) is 5.41 Å². The fourth-order valence-corrected chi connectivity index (χ4v) is 7.46. The maximum absolute atomic E-state index is 12.1. The third-order valence-electron chi connectivity index (χ3n) is 5.78. The lowest BCUT2D eigenvalue weighted by atomic mass is 9.82. The first-order chi connectivity index (χ1) is 13.3. The van der Waals surface area contributed by atoms with Crippen molar-refractivity contribution >= 4 is 18.7 Å². The van der Waals surface area contributed by atoms with Crippen molar-refractivity contribution < 1.29 is 9.90 Å². The van der Waals surface area contributed by atoms with Crippen molar-refractivity contribution in [3.05, 3.63) is 70.5 Å². The van der Waals surface area contributed by atoms with Crippen molar-refractivity contribution in [3.63, 3.8) is 0 Å². The molecule has 0 amide bonds. The minimum Gasteiger partial charge on any atom is -0.424 e. The molecule has 2 aromatic rings. The monoisotopic (exact) mass is 400 g/mol. The predicted octanol–water partition coefficient (Wildman–Crippen LogP) is 2.81. The van der Waals surface area contributed by atoms with Crippen LogP contribution in [0.15, 0.2) is 71.0 Å². The second-order valence-corrected chi connectivity index (χ2v) is 12.0. The SMILES string of the molecule is CC(C)(CCC(CO)(CN=O)CN=O)[Si](O)(c1ccccc1)c1ccccc1. The molecule has 2 aromatic carbocycles. The van der Waals surface area contributed by atoms with Crippen molar-refractivity contribution in [1.29, 1.82) is 0 Å². The highest BCUT2D eigenvalue weighted by Crippen LogP contribution is 2.43. The average Bonchev–Trinajstić information content (AvgIpc) is 2.73. The van der Waals surface area contributed by atoms with E-state index >= 15 is 0 Å². The van der Waals surface area contributed by atoms with E-state index < -0.39 is 18.8 Å². The zero-order valence-electron chi connectivity index (χ0n) is 16.4. The Morgan fingerprint density at radius 1 is 0.821 bits per heavy atom. The molecule has 0 radical (unpaired) electrons. The fraction of sp³-hybridized carbons (Fsp3) is 0.429. The van der Waals surface area contributed by atoms with Gasteiger partial charge in [0.15, 0.2) is 0 Å². The standard InChI is InChI=1S/C21H28N2O4Si/c1-20(2,13-14-21(17-24,15-22-25)16-23-26)28(27,18-9-5-3-6-10-18)19-11-7-4-8-12-19/h3-12,24,27H,13-17H2,1-2H3. The zero-order valence-corrected chi connectivity index (χ0v) is 17.4. The van der Waals surface area contributed by atoms with Gasteiger partial charge < -0.3 is 9.90 Å². The van der Waals surface area contributed by atoms with Crippen molar-refractivity contribution in [2.24, 2.45) is 15.8 Å². The largest absolute Gasteiger partial charge is 0.424 e. The molecule has 0 unspecified atom stereocenters. The minimum atomic E-state index is -3.19. The Bertz CT molecular complexity index is 719. The van der Waals surface area contributed by atoms with Gasteiger partial charge in [0.25, 0.3) is 8.32 Å². The van der Waals surface area contributed by atoms with Crippen LogP contribution in [-0.4, -0.2) is 37.9 Å². The molecular weight excluding hydrogens is 372 g/mol. The summed E-state index contributed by atoms with van der Waals surface area (Å²) in [5.41, 5.74) is -0.983. The van der Waals surface area contributed by atoms with Gasteiger partial charge in [-0.25, -0.2) is 0 Å². The van der Waals surface area contributed by atoms with Crippen LogP contribution in [0.25, 0.3) is 0 Å². The fourth-order valence-electron chi connectivity index (χ4n) is 3.73. The summed E-state index contributed by atoms with van der Waals surface area (Å²) in [5.74, 6) is 0. The van der Waals surface area contributed by atoms with E-state index in [1.807, 2.05) is 74.5 Å². The molecule has 150 valence electrons. The van der Waals surface area contributed by atoms with Gasteiger partial charge in [0.2, 0.25) is 0 Å². The Kier molecular flexibility index (Phi) is 7.34. The Morgan fingerprint density at radius 2 is 1.25 bits per heavy atom. The van der Waals surface area contributed by atoms with Gasteiger partial charge in [-0.2, -0.15) is 9.81 Å². The van der Waals surface area contributed by atoms with Crippen LogP contribution in [0.5, 0.6) is 0 Å². The molecule has 0 saturated heterocycles. The van der Waals surface area contributed by atoms with Gasteiger partial charge in [0.05, 0.1) is 19.7 Å². The Hall–Kier alpha value is -2.22. The summed E-state index contributed by atoms with van der Waals surface area (Å²) in [7, 11) is -3.19. The Morgan fingerprint density at radius 3 is 1.61 bits per heavy atom. The second kappa shape index (κ2) is 9.32. The number of rotatable bonds is 11. The number of nitrogens with zero attached hydrogens (tertiary/aromatic N) is 2. The van der Waals surface area contributed by atoms with Crippen LogP contribution in [-0.2, 0) is 0 Å². The number of hydrogen-bond acceptors (Lipinski definition) is 6. The van der Waals surface area contributed by atoms with Crippen LogP contribution < -0.4 is 10.4 Å². The lowest BCUT2D eigenvalue weighted by molar-refractivity contribution is 0.123. The van der Waals surface area contributed by atoms with E-state index in [2.05, 4.69) is 10.4 Å². The summed E-state index contributed by atoms with van der Waals surface area (Å²) in [6, 6.07) is 19.3. The van der Waals surface area contributed by atoms with Crippen LogP contribution in [0.1, 0.15) is 26.7 Å². The number of nitroso groups, excluding NO2 is 2. The normalized spacial score (nSPS) is 12.6. The summed E-state index contributed by atoms with van der Waals surface area (Å²) in [6.45, 7) is 3.30. The van der Waals surface area contributed by atoms with Crippen LogP contribution in [0.4, 0.5) is 0 Å². The first-order valence-electron chi connectivity index (χ1n) is 9.38. The summed E-state index contributed by atoms with van der Waals surface area (Å²) >= 11 is 0. The Balaban J connectivity index is 2.44. The highest BCUT2D eigenvalue weighted by atomic mass is 28.4. The lowest BCUT2D eigenvalue weighted by Gasteiger charge is -2.43. The van der Waals surface area contributed by atoms with Gasteiger partial charge in [-0.3, -0.25) is 0 Å². The van der Waals surface area contributed by atoms with Gasteiger partial charge in [-0.1, -0.05) is 84.9 Å². The van der Waals surface area contributed by atoms with Crippen LogP contribution in [0.2, 0.25) is 5.04 Å². The van der Waals surface area contributed by atoms with Crippen molar-refractivity contribution in [2.45, 2.75) is 31.7 Å². The molecule has 7 heteroatoms. The molecule has 6 nitrogen and oxygen atoms in total. The molecule has 0 saturated carbocycles. The van der Waals surface area contributed by atoms with Crippen molar-refractivity contribution in [3.8, 4) is 0 Å². The third kappa shape index (κ3) is 4.43. The smallest absolute Gasteiger partial charge is 0.258 e. The summed E-state index contributed by atoms with van der Waals surface area (Å²) < 4.78 is 0. The van der Waals surface area contributed by atoms with E-state index in [0.29, 0.717) is 12.8 Å². The molecule has 0 aliphatic heterocycles. The molecule has 0 aromatic heterocycles. The van der Waals surface area contributed by atoms with Crippen LogP contribution >= 0.6 is 0 Å². The van der Waals surface area contributed by atoms with E-state index in [9.17, 15) is 19.7 Å². The Labute approximate surface area is 166 Å². The summed E-state index contributed by atoms with van der Waals surface area (Å²) in [4.78, 5) is 33.9. The maximum Gasteiger partial charge on any atom is 0.258 e. The molecule has 0 fully saturated rings. The van der Waals surface area contributed by atoms with E-state index in [4.69, 9.17) is 0 Å². The topological polar surface area (TPSA) is 99.3 Å². The molecule has 28 heavy (non-hydrogen) atoms. The molecule has 0 atom stereocenters. The second-order valence-electron chi connectivity index (χ2n) is 8.06. The highest BCUT2D eigenvalue weighted by molar-refractivity contribution is 6.98. The van der Waals surface area contributed by atoms with Crippen molar-refractivity contribution in [2.75, 3.05) is 19.7 Å². The lowest BCUT2D eigenvalue weighted by Crippen LogP contribution is -2.65. The molecule has 0 bridgehead atoms. The molecule has 2 N–H and O–H groups in total. The first-order valence-corrected chi connectivity index (χ1v) is 11.3. The molecule has 0 heterocycles. The van der Waals surface area contributed by atoms with E-state index in [1.165, 1.54) is 0 Å². The van der Waals surface area contributed by atoms with Crippen LogP contribution in [0, 0.1) is 15.2 Å². The number of aliphatic hydroxyl groups excluding tert-OH is 1. The average molecular weight is 401 g/mol. The molecule has 0 spiro atoms. The number of hydrogen-bond donors (Lipinski definition) is 2. The minimum absolute atomic E-state index is 0.179. The van der Waals surface area contributed by atoms with Gasteiger partial charge in [-0.15, -0.1) is 0 Å². The number of benzene rings is 2. The third-order valence-corrected chi connectivity index (χ3v) is 10.3. The van der Waals surface area contributed by atoms with Gasteiger partial charge in [0.1, 0.15) is 0 Å². The molecular formula is C21H28N2O4Si. The molecule has 0 aliphatic carbocycles. The van der Waals surface area contributed by atoms with Gasteiger partial charge >= 0.3 is 0 Å². The summed E-state index contributed by atoms with van der Waals surface area (Å²) in [5, 5.41) is 16.9. The zero-order chi connectivity index (χ0) is 20.7. The van der Waals surface area contributed by atoms with E-state index in [0.717, 1.165) is 10.4 Å². The van der Waals surface area contributed by atoms with Crippen molar-refractivity contribution in [1.82, 2.24) is 0 Å². The quantitative estimate of drug-likeness (QED) is 0.447. The number of aliphatic hydroxyl groups is 1. The maximum atomic E-state index is 12.1. The van der Waals surface area contributed by atoms with Crippen LogP contribution in [0.3, 0.4) is 0 Å². The first kappa shape index (κ1) is 22.1. The predicted molar refractivity (Wildman–Crippen MR) is 114 cm³/mol. The van der Waals surface area contributed by atoms with Gasteiger partial charge in [-0.05, 0) is 28.3 Å². The van der Waals surface area contributed by atoms with E-state index in [1.54, 1.807) is 0 Å². The highest BCUT2D eigenvalue weighted by Gasteiger charge is 2.50. The summed E-state index contributed by atoms with van der Waals surface area (Å²) in [6.07, 6.45) is 0.869. The van der Waals surface area contributed by atoms with E-state index in [-0.39, 0.29) is 19.7 Å². The molecule has 0 aliphatic rings.